The number of fused-ring (bicyclic) bond motifs is 4. The van der Waals surface area contributed by atoms with Gasteiger partial charge in [0, 0.05) is 49.6 Å². The number of nitrogens with one attached hydrogen (secondary N) is 1. The van der Waals surface area contributed by atoms with E-state index in [1.807, 2.05) is 10.6 Å². The molecule has 1 amide bonds. The van der Waals surface area contributed by atoms with Crippen LogP contribution in [0.4, 0.5) is 0 Å². The maximum atomic E-state index is 13.2. The Hall–Kier alpha value is -2.74. The van der Waals surface area contributed by atoms with E-state index in [4.69, 9.17) is 0 Å². The molecule has 2 saturated heterocycles. The van der Waals surface area contributed by atoms with E-state index in [9.17, 15) is 14.4 Å². The highest BCUT2D eigenvalue weighted by molar-refractivity contribution is 5.93. The Bertz CT molecular complexity index is 1070. The van der Waals surface area contributed by atoms with Gasteiger partial charge in [-0.15, -0.1) is 0 Å². The highest BCUT2D eigenvalue weighted by Gasteiger charge is 2.37. The summed E-state index contributed by atoms with van der Waals surface area (Å²) in [6.45, 7) is 4.57. The Labute approximate surface area is 174 Å². The first kappa shape index (κ1) is 19.2. The van der Waals surface area contributed by atoms with E-state index in [-0.39, 0.29) is 28.9 Å². The first-order valence-corrected chi connectivity index (χ1v) is 10.9. The van der Waals surface area contributed by atoms with Crippen molar-refractivity contribution in [3.63, 3.8) is 0 Å². The average Bonchev–Trinajstić information content (AvgIpc) is 2.76. The number of aromatic nitrogens is 3. The molecule has 2 aromatic rings. The number of piperidine rings is 2. The van der Waals surface area contributed by atoms with E-state index < -0.39 is 5.56 Å². The minimum Gasteiger partial charge on any atom is -0.337 e. The van der Waals surface area contributed by atoms with Crippen LogP contribution in [0.3, 0.4) is 0 Å². The lowest BCUT2D eigenvalue weighted by atomic mass is 9.82. The van der Waals surface area contributed by atoms with Gasteiger partial charge in [-0.3, -0.25) is 19.3 Å². The number of hydrogen-bond acceptors (Lipinski definition) is 5. The maximum Gasteiger partial charge on any atom is 0.263 e. The number of carbonyl (C=O) groups excluding carboxylic acids is 1. The third-order valence-electron chi connectivity index (χ3n) is 6.76. The molecule has 2 aromatic heterocycles. The summed E-state index contributed by atoms with van der Waals surface area (Å²) in [5.74, 6) is 0.0596. The van der Waals surface area contributed by atoms with E-state index >= 15 is 0 Å². The first-order valence-electron chi connectivity index (χ1n) is 10.9. The van der Waals surface area contributed by atoms with Crippen LogP contribution in [0.1, 0.15) is 53.2 Å². The van der Waals surface area contributed by atoms with Crippen LogP contribution in [-0.4, -0.2) is 56.4 Å². The number of aromatic amines is 1. The summed E-state index contributed by atoms with van der Waals surface area (Å²) in [7, 11) is 0. The van der Waals surface area contributed by atoms with E-state index in [1.165, 1.54) is 31.8 Å². The summed E-state index contributed by atoms with van der Waals surface area (Å²) in [5, 5.41) is 0. The Morgan fingerprint density at radius 2 is 1.93 bits per heavy atom. The fourth-order valence-corrected chi connectivity index (χ4v) is 5.30. The summed E-state index contributed by atoms with van der Waals surface area (Å²) in [6.07, 6.45) is 7.28. The monoisotopic (exact) mass is 409 g/mol. The smallest absolute Gasteiger partial charge is 0.263 e. The third-order valence-corrected chi connectivity index (χ3v) is 6.76. The summed E-state index contributed by atoms with van der Waals surface area (Å²) in [5.41, 5.74) is 1.67. The van der Waals surface area contributed by atoms with E-state index in [0.717, 1.165) is 37.3 Å². The van der Waals surface area contributed by atoms with Crippen molar-refractivity contribution in [3.05, 3.63) is 62.2 Å². The summed E-state index contributed by atoms with van der Waals surface area (Å²) in [6, 6.07) is 4.06. The lowest BCUT2D eigenvalue weighted by molar-refractivity contribution is 0.0591. The fourth-order valence-electron chi connectivity index (χ4n) is 5.30. The molecule has 5 heterocycles. The second kappa shape index (κ2) is 7.83. The molecule has 0 aromatic carbocycles. The second-order valence-electron chi connectivity index (χ2n) is 8.84. The minimum atomic E-state index is -0.412. The van der Waals surface area contributed by atoms with Gasteiger partial charge in [0.05, 0.1) is 6.33 Å². The van der Waals surface area contributed by atoms with Crippen molar-refractivity contribution in [1.29, 1.82) is 0 Å². The van der Waals surface area contributed by atoms with Crippen molar-refractivity contribution in [2.75, 3.05) is 26.2 Å². The first-order chi connectivity index (χ1) is 14.6. The largest absolute Gasteiger partial charge is 0.337 e. The number of likely N-dealkylation sites (tertiary alicyclic amines) is 2. The minimum absolute atomic E-state index is 0.0757. The van der Waals surface area contributed by atoms with Crippen LogP contribution < -0.4 is 11.1 Å². The molecule has 0 aliphatic carbocycles. The number of nitrogens with zero attached hydrogens (tertiary/aromatic N) is 4. The Morgan fingerprint density at radius 1 is 1.10 bits per heavy atom. The van der Waals surface area contributed by atoms with Crippen molar-refractivity contribution in [2.24, 2.45) is 5.92 Å². The highest BCUT2D eigenvalue weighted by atomic mass is 16.2. The van der Waals surface area contributed by atoms with Crippen molar-refractivity contribution >= 4 is 5.91 Å². The van der Waals surface area contributed by atoms with Gasteiger partial charge in [0.15, 0.2) is 0 Å². The highest BCUT2D eigenvalue weighted by Crippen LogP contribution is 2.35. The van der Waals surface area contributed by atoms with Gasteiger partial charge in [0.25, 0.3) is 17.0 Å². The molecule has 2 atom stereocenters. The molecule has 2 bridgehead atoms. The van der Waals surface area contributed by atoms with Crippen molar-refractivity contribution in [2.45, 2.75) is 44.7 Å². The number of amides is 1. The molecule has 3 aliphatic heterocycles. The van der Waals surface area contributed by atoms with Gasteiger partial charge < -0.3 is 14.5 Å². The third kappa shape index (κ3) is 3.49. The predicted molar refractivity (Wildman–Crippen MR) is 111 cm³/mol. The van der Waals surface area contributed by atoms with E-state index in [1.54, 1.807) is 4.90 Å². The summed E-state index contributed by atoms with van der Waals surface area (Å²) < 4.78 is 1.94. The van der Waals surface area contributed by atoms with E-state index in [2.05, 4.69) is 20.9 Å². The molecule has 3 aliphatic rings. The van der Waals surface area contributed by atoms with Gasteiger partial charge in [-0.05, 0) is 44.3 Å². The van der Waals surface area contributed by atoms with Crippen LogP contribution in [0, 0.1) is 5.92 Å². The molecule has 0 unspecified atom stereocenters. The summed E-state index contributed by atoms with van der Waals surface area (Å²) in [4.78, 5) is 48.6. The van der Waals surface area contributed by atoms with Crippen LogP contribution >= 0.6 is 0 Å². The number of pyridine rings is 1. The lowest BCUT2D eigenvalue weighted by Crippen LogP contribution is -2.50. The van der Waals surface area contributed by atoms with Crippen LogP contribution in [0.5, 0.6) is 0 Å². The van der Waals surface area contributed by atoms with Crippen LogP contribution in [0.2, 0.25) is 0 Å². The van der Waals surface area contributed by atoms with Crippen molar-refractivity contribution < 1.29 is 4.79 Å². The van der Waals surface area contributed by atoms with Gasteiger partial charge in [0.1, 0.15) is 5.56 Å². The van der Waals surface area contributed by atoms with Gasteiger partial charge in [-0.25, -0.2) is 4.98 Å². The number of hydrogen-bond donors (Lipinski definition) is 1. The molecule has 0 saturated carbocycles. The molecule has 2 fully saturated rings. The molecule has 1 N–H and O–H groups in total. The average molecular weight is 409 g/mol. The molecule has 8 heteroatoms. The van der Waals surface area contributed by atoms with Gasteiger partial charge >= 0.3 is 0 Å². The zero-order chi connectivity index (χ0) is 20.7. The Kier molecular flexibility index (Phi) is 5.02. The number of H-pyrrole nitrogens is 1. The van der Waals surface area contributed by atoms with Crippen molar-refractivity contribution in [3.8, 4) is 0 Å². The molecular formula is C22H27N5O3. The van der Waals surface area contributed by atoms with Crippen molar-refractivity contribution in [1.82, 2.24) is 24.3 Å². The molecule has 0 spiro atoms. The van der Waals surface area contributed by atoms with Gasteiger partial charge in [-0.2, -0.15) is 0 Å². The van der Waals surface area contributed by atoms with Gasteiger partial charge in [0.2, 0.25) is 0 Å². The Morgan fingerprint density at radius 3 is 2.73 bits per heavy atom. The molecule has 5 rings (SSSR count). The molecule has 158 valence electrons. The maximum absolute atomic E-state index is 13.2. The number of rotatable bonds is 3. The molecule has 30 heavy (non-hydrogen) atoms. The van der Waals surface area contributed by atoms with Gasteiger partial charge in [-0.1, -0.05) is 12.5 Å². The molecular weight excluding hydrogens is 382 g/mol. The SMILES string of the molecule is O=C(c1cnc[nH]c1=O)N1C[C@@H]2C[C@H](C1)c1ccc(CN3CCCCC3)c(=O)n1C2. The number of carbonyl (C=O) groups is 1. The quantitative estimate of drug-likeness (QED) is 0.822. The zero-order valence-electron chi connectivity index (χ0n) is 17.0. The fraction of sp³-hybridized carbons (Fsp3) is 0.545. The normalized spacial score (nSPS) is 23.8. The lowest BCUT2D eigenvalue weighted by Gasteiger charge is -2.43. The Balaban J connectivity index is 1.38. The van der Waals surface area contributed by atoms with Crippen LogP contribution in [0.25, 0.3) is 0 Å². The van der Waals surface area contributed by atoms with E-state index in [0.29, 0.717) is 19.6 Å². The molecule has 0 radical (unpaired) electrons. The molecule has 8 nitrogen and oxygen atoms in total. The standard InChI is InChI=1S/C22H27N5O3/c28-20-18(9-23-14-24-20)22(30)26-10-15-8-17(13-26)19-5-4-16(21(29)27(19)11-15)12-25-6-2-1-3-7-25/h4-5,9,14-15,17H,1-3,6-8,10-13H2,(H,23,24,28)/t15-,17+/m0/s1. The predicted octanol–water partition coefficient (Wildman–Crippen LogP) is 1.18. The topological polar surface area (TPSA) is 91.3 Å². The van der Waals surface area contributed by atoms with Crippen LogP contribution in [0.15, 0.2) is 34.2 Å². The second-order valence-corrected chi connectivity index (χ2v) is 8.84. The summed E-state index contributed by atoms with van der Waals surface area (Å²) >= 11 is 0. The van der Waals surface area contributed by atoms with Crippen LogP contribution in [-0.2, 0) is 13.1 Å². The zero-order valence-corrected chi connectivity index (χ0v) is 17.0.